The van der Waals surface area contributed by atoms with E-state index in [0.29, 0.717) is 35.6 Å². The van der Waals surface area contributed by atoms with E-state index >= 15 is 0 Å². The number of nitrogen functional groups attached to an aromatic ring is 1. The van der Waals surface area contributed by atoms with E-state index in [1.165, 1.54) is 6.07 Å². The number of hydrogen-bond donors (Lipinski definition) is 1. The molecule has 5 rings (SSSR count). The van der Waals surface area contributed by atoms with Gasteiger partial charge in [0.05, 0.1) is 23.0 Å². The fraction of sp³-hybridized carbons (Fsp3) is 0.333. The number of piperidine rings is 1. The minimum Gasteiger partial charge on any atom is -0.444 e. The van der Waals surface area contributed by atoms with Gasteiger partial charge in [0.25, 0.3) is 0 Å². The summed E-state index contributed by atoms with van der Waals surface area (Å²) in [6.45, 7) is 6.83. The zero-order valence-corrected chi connectivity index (χ0v) is 21.7. The Kier molecular flexibility index (Phi) is 6.49. The lowest BCUT2D eigenvalue weighted by atomic mass is 10.0. The van der Waals surface area contributed by atoms with Crippen molar-refractivity contribution in [2.75, 3.05) is 18.8 Å². The predicted molar refractivity (Wildman–Crippen MR) is 142 cm³/mol. The van der Waals surface area contributed by atoms with Gasteiger partial charge in [-0.3, -0.25) is 9.67 Å². The highest BCUT2D eigenvalue weighted by molar-refractivity contribution is 6.35. The third-order valence-electron chi connectivity index (χ3n) is 6.41. The van der Waals surface area contributed by atoms with Crippen LogP contribution in [0, 0.1) is 5.82 Å². The summed E-state index contributed by atoms with van der Waals surface area (Å²) < 4.78 is 21.2. The number of fused-ring (bicyclic) bond motifs is 1. The number of benzene rings is 1. The maximum absolute atomic E-state index is 13.8. The summed E-state index contributed by atoms with van der Waals surface area (Å²) in [5, 5.41) is 5.92. The highest BCUT2D eigenvalue weighted by Gasteiger charge is 2.28. The Bertz CT molecular complexity index is 1470. The molecule has 37 heavy (non-hydrogen) atoms. The Balaban J connectivity index is 1.34. The standard InChI is InChI=1S/C27H28ClFN6O2/c1-27(2,3)37-26(36)34-8-6-19(7-9-34)35-15-18(13-33-35)17-10-20(25(30)32-12-17)23-11-16-4-5-22(29)24(28)21(16)14-31-23/h4-5,10-15,19H,6-9H2,1-3H3,(H2,30,32). The van der Waals surface area contributed by atoms with Crippen molar-refractivity contribution in [2.45, 2.75) is 45.3 Å². The molecule has 0 bridgehead atoms. The lowest BCUT2D eigenvalue weighted by Gasteiger charge is -2.33. The molecule has 10 heteroatoms. The van der Waals surface area contributed by atoms with E-state index in [9.17, 15) is 9.18 Å². The number of carbonyl (C=O) groups is 1. The van der Waals surface area contributed by atoms with Crippen LogP contribution in [0.25, 0.3) is 33.2 Å². The summed E-state index contributed by atoms with van der Waals surface area (Å²) in [5.74, 6) is -0.148. The number of halogens is 2. The van der Waals surface area contributed by atoms with Gasteiger partial charge >= 0.3 is 6.09 Å². The molecule has 1 aromatic carbocycles. The zero-order valence-electron chi connectivity index (χ0n) is 20.9. The van der Waals surface area contributed by atoms with Crippen LogP contribution in [0.4, 0.5) is 15.0 Å². The van der Waals surface area contributed by atoms with Crippen molar-refractivity contribution in [3.05, 3.63) is 59.9 Å². The predicted octanol–water partition coefficient (Wildman–Crippen LogP) is 6.11. The van der Waals surface area contributed by atoms with Crippen molar-refractivity contribution in [1.29, 1.82) is 0 Å². The van der Waals surface area contributed by atoms with E-state index in [0.717, 1.165) is 29.4 Å². The Morgan fingerprint density at radius 3 is 2.59 bits per heavy atom. The maximum atomic E-state index is 13.8. The number of hydrogen-bond acceptors (Lipinski definition) is 6. The number of likely N-dealkylation sites (tertiary alicyclic amines) is 1. The van der Waals surface area contributed by atoms with Gasteiger partial charge in [0.15, 0.2) is 0 Å². The number of anilines is 1. The molecular weight excluding hydrogens is 495 g/mol. The van der Waals surface area contributed by atoms with Gasteiger partial charge in [0, 0.05) is 53.8 Å². The van der Waals surface area contributed by atoms with E-state index < -0.39 is 11.4 Å². The minimum atomic E-state index is -0.510. The molecule has 1 aliphatic rings. The van der Waals surface area contributed by atoms with Gasteiger partial charge in [0.2, 0.25) is 0 Å². The first-order valence-corrected chi connectivity index (χ1v) is 12.5. The van der Waals surface area contributed by atoms with Crippen molar-refractivity contribution < 1.29 is 13.9 Å². The van der Waals surface area contributed by atoms with Crippen molar-refractivity contribution in [2.24, 2.45) is 0 Å². The Hall–Kier alpha value is -3.72. The van der Waals surface area contributed by atoms with Gasteiger partial charge in [-0.25, -0.2) is 14.2 Å². The Labute approximate surface area is 219 Å². The number of pyridine rings is 2. The highest BCUT2D eigenvalue weighted by Crippen LogP contribution is 2.33. The monoisotopic (exact) mass is 522 g/mol. The van der Waals surface area contributed by atoms with E-state index in [4.69, 9.17) is 22.1 Å². The third-order valence-corrected chi connectivity index (χ3v) is 6.80. The molecule has 0 atom stereocenters. The number of rotatable bonds is 3. The van der Waals surface area contributed by atoms with E-state index in [1.807, 2.05) is 43.8 Å². The molecule has 4 heterocycles. The average molecular weight is 523 g/mol. The third kappa shape index (κ3) is 5.22. The fourth-order valence-corrected chi connectivity index (χ4v) is 4.69. The molecule has 8 nitrogen and oxygen atoms in total. The maximum Gasteiger partial charge on any atom is 0.410 e. The second-order valence-electron chi connectivity index (χ2n) is 10.2. The largest absolute Gasteiger partial charge is 0.444 e. The first-order valence-electron chi connectivity index (χ1n) is 12.1. The normalized spacial score (nSPS) is 14.8. The molecule has 192 valence electrons. The van der Waals surface area contributed by atoms with Gasteiger partial charge in [-0.05, 0) is 57.2 Å². The quantitative estimate of drug-likeness (QED) is 0.348. The molecule has 1 aliphatic heterocycles. The van der Waals surface area contributed by atoms with Gasteiger partial charge in [-0.15, -0.1) is 0 Å². The van der Waals surface area contributed by atoms with E-state index in [2.05, 4.69) is 15.1 Å². The molecule has 0 spiro atoms. The van der Waals surface area contributed by atoms with Crippen LogP contribution in [0.5, 0.6) is 0 Å². The number of aromatic nitrogens is 4. The Morgan fingerprint density at radius 2 is 1.86 bits per heavy atom. The van der Waals surface area contributed by atoms with Crippen molar-refractivity contribution in [1.82, 2.24) is 24.6 Å². The van der Waals surface area contributed by atoms with Gasteiger partial charge in [0.1, 0.15) is 17.2 Å². The van der Waals surface area contributed by atoms with Crippen molar-refractivity contribution in [3.8, 4) is 22.4 Å². The molecule has 0 radical (unpaired) electrons. The minimum absolute atomic E-state index is 0.0424. The van der Waals surface area contributed by atoms with Crippen LogP contribution in [0.1, 0.15) is 39.7 Å². The molecule has 1 saturated heterocycles. The lowest BCUT2D eigenvalue weighted by Crippen LogP contribution is -2.42. The zero-order chi connectivity index (χ0) is 26.3. The van der Waals surface area contributed by atoms with Crippen molar-refractivity contribution in [3.63, 3.8) is 0 Å². The molecule has 0 unspecified atom stereocenters. The van der Waals surface area contributed by atoms with Gasteiger partial charge in [-0.2, -0.15) is 5.10 Å². The first-order chi connectivity index (χ1) is 17.6. The SMILES string of the molecule is CC(C)(C)OC(=O)N1CCC(n2cc(-c3cnc(N)c(-c4cc5ccc(F)c(Cl)c5cn4)c3)cn2)CC1. The molecular formula is C27H28ClFN6O2. The molecule has 2 N–H and O–H groups in total. The summed E-state index contributed by atoms with van der Waals surface area (Å²) in [5.41, 5.74) is 8.71. The number of carbonyl (C=O) groups excluding carboxylic acids is 1. The average Bonchev–Trinajstić information content (AvgIpc) is 3.36. The summed E-state index contributed by atoms with van der Waals surface area (Å²) in [6.07, 6.45) is 8.34. The van der Waals surface area contributed by atoms with Crippen LogP contribution in [0.2, 0.25) is 5.02 Å². The topological polar surface area (TPSA) is 99.2 Å². The fourth-order valence-electron chi connectivity index (χ4n) is 4.47. The van der Waals surface area contributed by atoms with E-state index in [1.54, 1.807) is 29.6 Å². The van der Waals surface area contributed by atoms with Crippen LogP contribution in [0.3, 0.4) is 0 Å². The number of amides is 1. The van der Waals surface area contributed by atoms with Crippen LogP contribution in [-0.4, -0.2) is 49.4 Å². The van der Waals surface area contributed by atoms with Crippen LogP contribution in [0.15, 0.2) is 49.1 Å². The molecule has 0 aliphatic carbocycles. The number of ether oxygens (including phenoxy) is 1. The van der Waals surface area contributed by atoms with Crippen LogP contribution in [-0.2, 0) is 4.74 Å². The summed E-state index contributed by atoms with van der Waals surface area (Å²) in [7, 11) is 0. The van der Waals surface area contributed by atoms with Crippen molar-refractivity contribution >= 4 is 34.3 Å². The summed E-state index contributed by atoms with van der Waals surface area (Å²) >= 11 is 6.09. The van der Waals surface area contributed by atoms with Gasteiger partial charge in [-0.1, -0.05) is 17.7 Å². The molecule has 3 aromatic heterocycles. The molecule has 1 fully saturated rings. The van der Waals surface area contributed by atoms with E-state index in [-0.39, 0.29) is 17.2 Å². The lowest BCUT2D eigenvalue weighted by molar-refractivity contribution is 0.0185. The molecule has 0 saturated carbocycles. The molecule has 1 amide bonds. The number of nitrogens with zero attached hydrogens (tertiary/aromatic N) is 5. The summed E-state index contributed by atoms with van der Waals surface area (Å²) in [6, 6.07) is 6.92. The first kappa shape index (κ1) is 25.0. The second kappa shape index (κ2) is 9.63. The van der Waals surface area contributed by atoms with Crippen LogP contribution >= 0.6 is 11.6 Å². The number of nitrogens with two attached hydrogens (primary N) is 1. The molecule has 4 aromatic rings. The van der Waals surface area contributed by atoms with Crippen LogP contribution < -0.4 is 5.73 Å². The highest BCUT2D eigenvalue weighted by atomic mass is 35.5. The smallest absolute Gasteiger partial charge is 0.410 e. The summed E-state index contributed by atoms with van der Waals surface area (Å²) in [4.78, 5) is 23.0. The Morgan fingerprint density at radius 1 is 1.11 bits per heavy atom. The second-order valence-corrected chi connectivity index (χ2v) is 10.6. The van der Waals surface area contributed by atoms with Gasteiger partial charge < -0.3 is 15.4 Å².